The Labute approximate surface area is 122 Å². The van der Waals surface area contributed by atoms with Crippen LogP contribution in [0.3, 0.4) is 0 Å². The molecule has 1 aromatic rings. The molecule has 0 heterocycles. The van der Waals surface area contributed by atoms with Gasteiger partial charge in [-0.2, -0.15) is 0 Å². The summed E-state index contributed by atoms with van der Waals surface area (Å²) in [6.07, 6.45) is -0.348. The van der Waals surface area contributed by atoms with Crippen LogP contribution in [0.25, 0.3) is 0 Å². The smallest absolute Gasteiger partial charge is 0.191 e. The lowest BCUT2D eigenvalue weighted by molar-refractivity contribution is -0.152. The zero-order valence-corrected chi connectivity index (χ0v) is 13.1. The third-order valence-electron chi connectivity index (χ3n) is 2.93. The molecule has 0 radical (unpaired) electrons. The van der Waals surface area contributed by atoms with Crippen LogP contribution < -0.4 is 9.47 Å². The van der Waals surface area contributed by atoms with E-state index in [0.717, 1.165) is 5.75 Å². The molecular formula is C16H26O4. The standard InChI is InChI=1S/C16H26O4/c1-6-18-16(19-7-2)11-20-14-9-8-13(12(3)4)10-15(14)17-5/h8-10,12,16H,6-7,11H2,1-5H3. The molecule has 0 saturated carbocycles. The van der Waals surface area contributed by atoms with E-state index in [1.165, 1.54) is 5.56 Å². The maximum atomic E-state index is 5.76. The van der Waals surface area contributed by atoms with Gasteiger partial charge < -0.3 is 18.9 Å². The molecule has 0 amide bonds. The summed E-state index contributed by atoms with van der Waals surface area (Å²) < 4.78 is 22.0. The first-order valence-corrected chi connectivity index (χ1v) is 7.16. The quantitative estimate of drug-likeness (QED) is 0.649. The summed E-state index contributed by atoms with van der Waals surface area (Å²) in [7, 11) is 1.65. The van der Waals surface area contributed by atoms with Crippen molar-refractivity contribution in [3.63, 3.8) is 0 Å². The molecule has 0 spiro atoms. The number of ether oxygens (including phenoxy) is 4. The van der Waals surface area contributed by atoms with Crippen molar-refractivity contribution in [1.29, 1.82) is 0 Å². The molecule has 114 valence electrons. The molecule has 0 N–H and O–H groups in total. The Morgan fingerprint density at radius 2 is 1.65 bits per heavy atom. The Bertz CT molecular complexity index is 384. The molecule has 4 nitrogen and oxygen atoms in total. The van der Waals surface area contributed by atoms with Gasteiger partial charge in [0.15, 0.2) is 17.8 Å². The molecular weight excluding hydrogens is 256 g/mol. The minimum absolute atomic E-state index is 0.346. The highest BCUT2D eigenvalue weighted by Gasteiger charge is 2.12. The van der Waals surface area contributed by atoms with Gasteiger partial charge in [-0.3, -0.25) is 0 Å². The summed E-state index contributed by atoms with van der Waals surface area (Å²) in [4.78, 5) is 0. The van der Waals surface area contributed by atoms with Crippen LogP contribution in [0, 0.1) is 0 Å². The van der Waals surface area contributed by atoms with E-state index < -0.39 is 0 Å². The van der Waals surface area contributed by atoms with Crippen LogP contribution in [-0.2, 0) is 9.47 Å². The van der Waals surface area contributed by atoms with Gasteiger partial charge >= 0.3 is 0 Å². The second kappa shape index (κ2) is 8.82. The average Bonchev–Trinajstić information content (AvgIpc) is 2.45. The van der Waals surface area contributed by atoms with E-state index in [-0.39, 0.29) is 6.29 Å². The molecule has 0 saturated heterocycles. The molecule has 0 aliphatic rings. The van der Waals surface area contributed by atoms with E-state index in [9.17, 15) is 0 Å². The van der Waals surface area contributed by atoms with Crippen LogP contribution in [0.15, 0.2) is 18.2 Å². The van der Waals surface area contributed by atoms with Crippen molar-refractivity contribution in [2.45, 2.75) is 39.9 Å². The number of hydrogen-bond donors (Lipinski definition) is 0. The van der Waals surface area contributed by atoms with E-state index in [1.54, 1.807) is 7.11 Å². The molecule has 0 unspecified atom stereocenters. The largest absolute Gasteiger partial charge is 0.493 e. The Hall–Kier alpha value is -1.26. The van der Waals surface area contributed by atoms with E-state index in [0.29, 0.717) is 31.5 Å². The van der Waals surface area contributed by atoms with Crippen molar-refractivity contribution < 1.29 is 18.9 Å². The Balaban J connectivity index is 2.71. The monoisotopic (exact) mass is 282 g/mol. The molecule has 1 rings (SSSR count). The summed E-state index contributed by atoms with van der Waals surface area (Å²) in [6, 6.07) is 6.00. The van der Waals surface area contributed by atoms with Crippen LogP contribution in [0.1, 0.15) is 39.2 Å². The van der Waals surface area contributed by atoms with Crippen LogP contribution in [0.4, 0.5) is 0 Å². The lowest BCUT2D eigenvalue weighted by Crippen LogP contribution is -2.25. The SMILES string of the molecule is CCOC(COc1ccc(C(C)C)cc1OC)OCC. The van der Waals surface area contributed by atoms with E-state index in [4.69, 9.17) is 18.9 Å². The first-order chi connectivity index (χ1) is 9.62. The van der Waals surface area contributed by atoms with Crippen LogP contribution in [0.2, 0.25) is 0 Å². The van der Waals surface area contributed by atoms with Gasteiger partial charge in [-0.1, -0.05) is 19.9 Å². The van der Waals surface area contributed by atoms with Gasteiger partial charge in [0, 0.05) is 13.2 Å². The van der Waals surface area contributed by atoms with Gasteiger partial charge in [0.2, 0.25) is 0 Å². The molecule has 0 aromatic heterocycles. The summed E-state index contributed by atoms with van der Waals surface area (Å²) >= 11 is 0. The fourth-order valence-corrected chi connectivity index (χ4v) is 1.84. The maximum absolute atomic E-state index is 5.76. The van der Waals surface area contributed by atoms with Gasteiger partial charge in [0.05, 0.1) is 7.11 Å². The van der Waals surface area contributed by atoms with Gasteiger partial charge in [-0.25, -0.2) is 0 Å². The first-order valence-electron chi connectivity index (χ1n) is 7.16. The normalized spacial score (nSPS) is 11.2. The van der Waals surface area contributed by atoms with Crippen molar-refractivity contribution >= 4 is 0 Å². The summed E-state index contributed by atoms with van der Waals surface area (Å²) in [6.45, 7) is 9.70. The predicted molar refractivity (Wildman–Crippen MR) is 79.6 cm³/mol. The molecule has 1 aromatic carbocycles. The number of hydrogen-bond acceptors (Lipinski definition) is 4. The highest BCUT2D eigenvalue weighted by Crippen LogP contribution is 2.30. The van der Waals surface area contributed by atoms with Crippen molar-refractivity contribution in [1.82, 2.24) is 0 Å². The van der Waals surface area contributed by atoms with E-state index in [2.05, 4.69) is 19.9 Å². The third kappa shape index (κ3) is 5.02. The van der Waals surface area contributed by atoms with Crippen LogP contribution >= 0.6 is 0 Å². The van der Waals surface area contributed by atoms with Gasteiger partial charge in [-0.05, 0) is 37.5 Å². The van der Waals surface area contributed by atoms with Crippen molar-refractivity contribution in [3.8, 4) is 11.5 Å². The molecule has 0 bridgehead atoms. The number of methoxy groups -OCH3 is 1. The summed E-state index contributed by atoms with van der Waals surface area (Å²) in [5.74, 6) is 1.90. The maximum Gasteiger partial charge on any atom is 0.191 e. The molecule has 20 heavy (non-hydrogen) atoms. The lowest BCUT2D eigenvalue weighted by atomic mass is 10.0. The first kappa shape index (κ1) is 16.8. The number of benzene rings is 1. The zero-order chi connectivity index (χ0) is 15.0. The minimum Gasteiger partial charge on any atom is -0.493 e. The van der Waals surface area contributed by atoms with Gasteiger partial charge in [0.25, 0.3) is 0 Å². The Morgan fingerprint density at radius 1 is 1.00 bits per heavy atom. The highest BCUT2D eigenvalue weighted by molar-refractivity contribution is 5.43. The molecule has 0 aliphatic heterocycles. The predicted octanol–water partition coefficient (Wildman–Crippen LogP) is 3.60. The molecule has 0 atom stereocenters. The van der Waals surface area contributed by atoms with Gasteiger partial charge in [-0.15, -0.1) is 0 Å². The Kier molecular flexibility index (Phi) is 7.41. The summed E-state index contributed by atoms with van der Waals surface area (Å²) in [5.41, 5.74) is 1.22. The van der Waals surface area contributed by atoms with Crippen molar-refractivity contribution in [2.24, 2.45) is 0 Å². The topological polar surface area (TPSA) is 36.9 Å². The van der Waals surface area contributed by atoms with Crippen molar-refractivity contribution in [2.75, 3.05) is 26.9 Å². The molecule has 4 heteroatoms. The second-order valence-corrected chi connectivity index (χ2v) is 4.72. The Morgan fingerprint density at radius 3 is 2.15 bits per heavy atom. The fourth-order valence-electron chi connectivity index (χ4n) is 1.84. The van der Waals surface area contributed by atoms with Crippen LogP contribution in [0.5, 0.6) is 11.5 Å². The molecule has 0 aliphatic carbocycles. The fraction of sp³-hybridized carbons (Fsp3) is 0.625. The number of rotatable bonds is 9. The van der Waals surface area contributed by atoms with Crippen LogP contribution in [-0.4, -0.2) is 33.2 Å². The zero-order valence-electron chi connectivity index (χ0n) is 13.1. The third-order valence-corrected chi connectivity index (χ3v) is 2.93. The van der Waals surface area contributed by atoms with E-state index >= 15 is 0 Å². The van der Waals surface area contributed by atoms with Crippen molar-refractivity contribution in [3.05, 3.63) is 23.8 Å². The minimum atomic E-state index is -0.348. The molecule has 0 fully saturated rings. The average molecular weight is 282 g/mol. The second-order valence-electron chi connectivity index (χ2n) is 4.72. The lowest BCUT2D eigenvalue weighted by Gasteiger charge is -2.19. The van der Waals surface area contributed by atoms with E-state index in [1.807, 2.05) is 26.0 Å². The van der Waals surface area contributed by atoms with Gasteiger partial charge in [0.1, 0.15) is 6.61 Å². The summed E-state index contributed by atoms with van der Waals surface area (Å²) in [5, 5.41) is 0. The highest BCUT2D eigenvalue weighted by atomic mass is 16.7.